The monoisotopic (exact) mass is 442 g/mol. The second-order valence-electron chi connectivity index (χ2n) is 6.94. The molecule has 0 aliphatic carbocycles. The highest BCUT2D eigenvalue weighted by atomic mass is 19.1. The lowest BCUT2D eigenvalue weighted by molar-refractivity contribution is 0.0931. The summed E-state index contributed by atoms with van der Waals surface area (Å²) in [5.74, 6) is -0.922. The topological polar surface area (TPSA) is 109 Å². The maximum Gasteiger partial charge on any atom is 0.276 e. The molecule has 0 saturated heterocycles. The lowest BCUT2D eigenvalue weighted by Crippen LogP contribution is -2.28. The van der Waals surface area contributed by atoms with Crippen molar-refractivity contribution in [2.75, 3.05) is 10.6 Å². The molecule has 2 amide bonds. The molecule has 2 aromatic carbocycles. The van der Waals surface area contributed by atoms with E-state index in [9.17, 15) is 14.0 Å². The number of hydrogen-bond donors (Lipinski definition) is 3. The van der Waals surface area contributed by atoms with Crippen LogP contribution in [0.4, 0.5) is 21.6 Å². The standard InChI is InChI=1S/C24H19FN6O2/c25-17-8-6-16(7-9-17)14-29-23(32)21-22(27-13-12-26-21)24(33)31-19-10-11-20(28-15-19)30-18-4-2-1-3-5-18/h1-13,15H,14H2,(H,28,30)(H,29,32)(H,31,33). The summed E-state index contributed by atoms with van der Waals surface area (Å²) in [4.78, 5) is 37.6. The second kappa shape index (κ2) is 10.1. The molecule has 0 unspecified atom stereocenters. The van der Waals surface area contributed by atoms with Crippen LogP contribution in [-0.4, -0.2) is 26.8 Å². The van der Waals surface area contributed by atoms with Crippen molar-refractivity contribution in [2.45, 2.75) is 6.54 Å². The summed E-state index contributed by atoms with van der Waals surface area (Å²) in [5.41, 5.74) is 1.78. The average Bonchev–Trinajstić information content (AvgIpc) is 2.85. The van der Waals surface area contributed by atoms with Gasteiger partial charge in [0.05, 0.1) is 11.9 Å². The number of nitrogens with one attached hydrogen (secondary N) is 3. The van der Waals surface area contributed by atoms with Crippen molar-refractivity contribution in [3.05, 3.63) is 108 Å². The minimum atomic E-state index is -0.597. The summed E-state index contributed by atoms with van der Waals surface area (Å²) in [6.45, 7) is 0.149. The zero-order valence-corrected chi connectivity index (χ0v) is 17.3. The molecule has 2 heterocycles. The first kappa shape index (κ1) is 21.6. The highest BCUT2D eigenvalue weighted by Crippen LogP contribution is 2.16. The van der Waals surface area contributed by atoms with Crippen molar-refractivity contribution in [2.24, 2.45) is 0 Å². The maximum absolute atomic E-state index is 13.0. The fourth-order valence-corrected chi connectivity index (χ4v) is 2.94. The minimum Gasteiger partial charge on any atom is -0.347 e. The smallest absolute Gasteiger partial charge is 0.276 e. The highest BCUT2D eigenvalue weighted by Gasteiger charge is 2.20. The van der Waals surface area contributed by atoms with Gasteiger partial charge in [-0.2, -0.15) is 0 Å². The summed E-state index contributed by atoms with van der Waals surface area (Å²) >= 11 is 0. The molecule has 33 heavy (non-hydrogen) atoms. The molecule has 8 nitrogen and oxygen atoms in total. The summed E-state index contributed by atoms with van der Waals surface area (Å²) in [6.07, 6.45) is 4.15. The third-order valence-electron chi connectivity index (χ3n) is 4.56. The summed E-state index contributed by atoms with van der Waals surface area (Å²) < 4.78 is 13.0. The molecule has 3 N–H and O–H groups in total. The van der Waals surface area contributed by atoms with Crippen molar-refractivity contribution in [3.8, 4) is 0 Å². The van der Waals surface area contributed by atoms with E-state index in [1.54, 1.807) is 24.3 Å². The van der Waals surface area contributed by atoms with Crippen LogP contribution in [0, 0.1) is 5.82 Å². The number of carbonyl (C=O) groups excluding carboxylic acids is 2. The van der Waals surface area contributed by atoms with Gasteiger partial charge < -0.3 is 16.0 Å². The van der Waals surface area contributed by atoms with Crippen LogP contribution in [0.2, 0.25) is 0 Å². The summed E-state index contributed by atoms with van der Waals surface area (Å²) in [7, 11) is 0. The average molecular weight is 442 g/mol. The molecule has 164 valence electrons. The van der Waals surface area contributed by atoms with Gasteiger partial charge >= 0.3 is 0 Å². The van der Waals surface area contributed by atoms with E-state index in [0.29, 0.717) is 17.1 Å². The van der Waals surface area contributed by atoms with Gasteiger partial charge in [0.1, 0.15) is 11.6 Å². The molecular formula is C24H19FN6O2. The van der Waals surface area contributed by atoms with E-state index >= 15 is 0 Å². The highest BCUT2D eigenvalue weighted by molar-refractivity contribution is 6.09. The van der Waals surface area contributed by atoms with Gasteiger partial charge in [-0.05, 0) is 42.0 Å². The number of rotatable bonds is 7. The van der Waals surface area contributed by atoms with Crippen molar-refractivity contribution in [1.29, 1.82) is 0 Å². The number of para-hydroxylation sites is 1. The Kier molecular flexibility index (Phi) is 6.60. The lowest BCUT2D eigenvalue weighted by atomic mass is 10.2. The number of nitrogens with zero attached hydrogens (tertiary/aromatic N) is 3. The lowest BCUT2D eigenvalue weighted by Gasteiger charge is -2.10. The Balaban J connectivity index is 1.41. The maximum atomic E-state index is 13.0. The van der Waals surface area contributed by atoms with E-state index in [0.717, 1.165) is 5.69 Å². The van der Waals surface area contributed by atoms with E-state index in [4.69, 9.17) is 0 Å². The van der Waals surface area contributed by atoms with Gasteiger partial charge in [0.25, 0.3) is 11.8 Å². The van der Waals surface area contributed by atoms with E-state index in [-0.39, 0.29) is 23.7 Å². The normalized spacial score (nSPS) is 10.3. The number of aromatic nitrogens is 3. The number of hydrogen-bond acceptors (Lipinski definition) is 6. The van der Waals surface area contributed by atoms with Crippen LogP contribution in [-0.2, 0) is 6.54 Å². The molecule has 0 aliphatic heterocycles. The molecular weight excluding hydrogens is 423 g/mol. The SMILES string of the molecule is O=C(NCc1ccc(F)cc1)c1nccnc1C(=O)Nc1ccc(Nc2ccccc2)nc1. The number of amides is 2. The molecule has 0 atom stereocenters. The van der Waals surface area contributed by atoms with Gasteiger partial charge in [0.2, 0.25) is 0 Å². The van der Waals surface area contributed by atoms with E-state index in [1.807, 2.05) is 30.3 Å². The molecule has 4 rings (SSSR count). The van der Waals surface area contributed by atoms with Gasteiger partial charge in [-0.15, -0.1) is 0 Å². The summed E-state index contributed by atoms with van der Waals surface area (Å²) in [6, 6.07) is 18.7. The molecule has 4 aromatic rings. The molecule has 0 bridgehead atoms. The Bertz CT molecular complexity index is 1250. The Morgan fingerprint density at radius 2 is 1.45 bits per heavy atom. The van der Waals surface area contributed by atoms with Gasteiger partial charge in [-0.1, -0.05) is 30.3 Å². The third-order valence-corrected chi connectivity index (χ3v) is 4.56. The van der Waals surface area contributed by atoms with Gasteiger partial charge in [0.15, 0.2) is 11.4 Å². The first-order chi connectivity index (χ1) is 16.1. The number of pyridine rings is 1. The molecule has 0 radical (unpaired) electrons. The second-order valence-corrected chi connectivity index (χ2v) is 6.94. The molecule has 0 fully saturated rings. The van der Waals surface area contributed by atoms with E-state index < -0.39 is 11.8 Å². The van der Waals surface area contributed by atoms with Crippen molar-refractivity contribution in [1.82, 2.24) is 20.3 Å². The third kappa shape index (κ3) is 5.73. The fraction of sp³-hybridized carbons (Fsp3) is 0.0417. The number of benzene rings is 2. The van der Waals surface area contributed by atoms with Crippen LogP contribution in [0.15, 0.2) is 85.3 Å². The van der Waals surface area contributed by atoms with Crippen molar-refractivity contribution >= 4 is 29.0 Å². The largest absolute Gasteiger partial charge is 0.347 e. The molecule has 2 aromatic heterocycles. The predicted molar refractivity (Wildman–Crippen MR) is 122 cm³/mol. The number of anilines is 3. The quantitative estimate of drug-likeness (QED) is 0.400. The van der Waals surface area contributed by atoms with Gasteiger partial charge in [-0.3, -0.25) is 9.59 Å². The predicted octanol–water partition coefficient (Wildman–Crippen LogP) is 3.94. The van der Waals surface area contributed by atoms with Crippen LogP contribution in [0.1, 0.15) is 26.5 Å². The van der Waals surface area contributed by atoms with Crippen molar-refractivity contribution in [3.63, 3.8) is 0 Å². The van der Waals surface area contributed by atoms with Gasteiger partial charge in [0, 0.05) is 24.6 Å². The zero-order valence-electron chi connectivity index (χ0n) is 17.3. The van der Waals surface area contributed by atoms with E-state index in [1.165, 1.54) is 30.7 Å². The first-order valence-corrected chi connectivity index (χ1v) is 10.0. The minimum absolute atomic E-state index is 0.118. The Labute approximate surface area is 188 Å². The van der Waals surface area contributed by atoms with Crippen LogP contribution >= 0.6 is 0 Å². The Hall–Kier alpha value is -4.66. The van der Waals surface area contributed by atoms with E-state index in [2.05, 4.69) is 30.9 Å². The molecule has 0 spiro atoms. The summed E-state index contributed by atoms with van der Waals surface area (Å²) in [5, 5.41) is 8.48. The Morgan fingerprint density at radius 1 is 0.758 bits per heavy atom. The van der Waals surface area contributed by atoms with Crippen LogP contribution in [0.3, 0.4) is 0 Å². The number of carbonyl (C=O) groups is 2. The number of halogens is 1. The van der Waals surface area contributed by atoms with Crippen molar-refractivity contribution < 1.29 is 14.0 Å². The van der Waals surface area contributed by atoms with Crippen LogP contribution in [0.5, 0.6) is 0 Å². The van der Waals surface area contributed by atoms with Gasteiger partial charge in [-0.25, -0.2) is 19.3 Å². The molecule has 0 aliphatic rings. The van der Waals surface area contributed by atoms with Crippen LogP contribution < -0.4 is 16.0 Å². The van der Waals surface area contributed by atoms with Crippen LogP contribution in [0.25, 0.3) is 0 Å². The molecule has 9 heteroatoms. The molecule has 0 saturated carbocycles. The first-order valence-electron chi connectivity index (χ1n) is 10.0. The zero-order chi connectivity index (χ0) is 23.0. The Morgan fingerprint density at radius 3 is 2.12 bits per heavy atom. The fourth-order valence-electron chi connectivity index (χ4n) is 2.94.